The Labute approximate surface area is 140 Å². The van der Waals surface area contributed by atoms with Crippen molar-refractivity contribution in [3.63, 3.8) is 0 Å². The van der Waals surface area contributed by atoms with Crippen LogP contribution in [0, 0.1) is 0 Å². The number of rotatable bonds is 4. The number of aryl methyl sites for hydroxylation is 1. The van der Waals surface area contributed by atoms with Crippen LogP contribution >= 0.6 is 23.5 Å². The lowest BCUT2D eigenvalue weighted by Crippen LogP contribution is -2.12. The van der Waals surface area contributed by atoms with Crippen LogP contribution in [0.1, 0.15) is 33.0 Å². The van der Waals surface area contributed by atoms with E-state index in [1.54, 1.807) is 0 Å². The standard InChI is InChI=1S/C18H19NOS2/c1-2-13-4-3-5-16(12-13)19-17(20)14-6-8-15(9-7-14)18-21-10-11-22-18/h3-9,12,18H,2,10-11H2,1H3,(H,19,20). The van der Waals surface area contributed by atoms with Crippen LogP contribution in [0.4, 0.5) is 5.69 Å². The number of carbonyl (C=O) groups excluding carboxylic acids is 1. The van der Waals surface area contributed by atoms with E-state index in [9.17, 15) is 4.79 Å². The second-order valence-electron chi connectivity index (χ2n) is 5.20. The van der Waals surface area contributed by atoms with E-state index in [4.69, 9.17) is 0 Å². The highest BCUT2D eigenvalue weighted by molar-refractivity contribution is 8.19. The summed E-state index contributed by atoms with van der Waals surface area (Å²) in [5.41, 5.74) is 4.09. The van der Waals surface area contributed by atoms with E-state index >= 15 is 0 Å². The monoisotopic (exact) mass is 329 g/mol. The Kier molecular flexibility index (Phi) is 5.11. The number of amides is 1. The summed E-state index contributed by atoms with van der Waals surface area (Å²) in [6, 6.07) is 16.0. The van der Waals surface area contributed by atoms with Crippen LogP contribution in [0.2, 0.25) is 0 Å². The largest absolute Gasteiger partial charge is 0.322 e. The maximum Gasteiger partial charge on any atom is 0.255 e. The zero-order valence-corrected chi connectivity index (χ0v) is 14.2. The first kappa shape index (κ1) is 15.5. The molecule has 0 atom stereocenters. The highest BCUT2D eigenvalue weighted by Crippen LogP contribution is 2.45. The van der Waals surface area contributed by atoms with Crippen LogP contribution < -0.4 is 5.32 Å². The van der Waals surface area contributed by atoms with Gasteiger partial charge in [0.2, 0.25) is 0 Å². The smallest absolute Gasteiger partial charge is 0.255 e. The maximum absolute atomic E-state index is 12.3. The molecular formula is C18H19NOS2. The van der Waals surface area contributed by atoms with Crippen LogP contribution in [0.25, 0.3) is 0 Å². The van der Waals surface area contributed by atoms with Crippen molar-refractivity contribution < 1.29 is 4.79 Å². The van der Waals surface area contributed by atoms with Gasteiger partial charge >= 0.3 is 0 Å². The van der Waals surface area contributed by atoms with Gasteiger partial charge in [-0.05, 0) is 41.8 Å². The molecule has 0 aliphatic carbocycles. The minimum absolute atomic E-state index is 0.0495. The summed E-state index contributed by atoms with van der Waals surface area (Å²) in [7, 11) is 0. The summed E-state index contributed by atoms with van der Waals surface area (Å²) >= 11 is 3.96. The molecular weight excluding hydrogens is 310 g/mol. The summed E-state index contributed by atoms with van der Waals surface area (Å²) in [5, 5.41) is 2.97. The lowest BCUT2D eigenvalue weighted by atomic mass is 10.1. The third-order valence-electron chi connectivity index (χ3n) is 3.66. The van der Waals surface area contributed by atoms with Crippen LogP contribution in [0.5, 0.6) is 0 Å². The average Bonchev–Trinajstić information content (AvgIpc) is 3.09. The molecule has 0 aromatic heterocycles. The van der Waals surface area contributed by atoms with E-state index in [-0.39, 0.29) is 5.91 Å². The zero-order valence-electron chi connectivity index (χ0n) is 12.5. The molecule has 22 heavy (non-hydrogen) atoms. The topological polar surface area (TPSA) is 29.1 Å². The highest BCUT2D eigenvalue weighted by Gasteiger charge is 2.18. The normalized spacial score (nSPS) is 15.0. The molecule has 1 fully saturated rings. The van der Waals surface area contributed by atoms with Gasteiger partial charge in [-0.2, -0.15) is 0 Å². The number of benzene rings is 2. The van der Waals surface area contributed by atoms with Gasteiger partial charge in [-0.25, -0.2) is 0 Å². The first-order chi connectivity index (χ1) is 10.8. The molecule has 3 rings (SSSR count). The number of anilines is 1. The van der Waals surface area contributed by atoms with Crippen molar-refractivity contribution in [2.75, 3.05) is 16.8 Å². The van der Waals surface area contributed by atoms with Gasteiger partial charge in [0.1, 0.15) is 0 Å². The Morgan fingerprint density at radius 2 is 1.86 bits per heavy atom. The van der Waals surface area contributed by atoms with E-state index in [1.807, 2.05) is 53.9 Å². The minimum Gasteiger partial charge on any atom is -0.322 e. The summed E-state index contributed by atoms with van der Waals surface area (Å²) < 4.78 is 0.526. The fourth-order valence-corrected chi connectivity index (χ4v) is 5.27. The van der Waals surface area contributed by atoms with Crippen molar-refractivity contribution in [1.29, 1.82) is 0 Å². The van der Waals surface area contributed by atoms with E-state index in [2.05, 4.69) is 30.4 Å². The molecule has 2 aromatic rings. The van der Waals surface area contributed by atoms with Gasteiger partial charge in [0.05, 0.1) is 4.58 Å². The van der Waals surface area contributed by atoms with Gasteiger partial charge < -0.3 is 5.32 Å². The van der Waals surface area contributed by atoms with E-state index < -0.39 is 0 Å². The maximum atomic E-state index is 12.3. The quantitative estimate of drug-likeness (QED) is 0.857. The fraction of sp³-hybridized carbons (Fsp3) is 0.278. The van der Waals surface area contributed by atoms with Crippen molar-refractivity contribution in [2.24, 2.45) is 0 Å². The molecule has 1 N–H and O–H groups in total. The van der Waals surface area contributed by atoms with Gasteiger partial charge in [-0.3, -0.25) is 4.79 Å². The SMILES string of the molecule is CCc1cccc(NC(=O)c2ccc(C3SCCS3)cc2)c1. The van der Waals surface area contributed by atoms with E-state index in [0.29, 0.717) is 10.1 Å². The van der Waals surface area contributed by atoms with Gasteiger partial charge in [-0.15, -0.1) is 23.5 Å². The van der Waals surface area contributed by atoms with Crippen molar-refractivity contribution in [3.05, 3.63) is 65.2 Å². The number of nitrogens with one attached hydrogen (secondary N) is 1. The first-order valence-corrected chi connectivity index (χ1v) is 9.59. The Hall–Kier alpha value is -1.39. The number of thioether (sulfide) groups is 2. The number of carbonyl (C=O) groups is 1. The lowest BCUT2D eigenvalue weighted by Gasteiger charge is -2.10. The van der Waals surface area contributed by atoms with Gasteiger partial charge in [-0.1, -0.05) is 31.2 Å². The molecule has 1 amide bonds. The Morgan fingerprint density at radius 3 is 2.55 bits per heavy atom. The molecule has 0 unspecified atom stereocenters. The Balaban J connectivity index is 1.69. The summed E-state index contributed by atoms with van der Waals surface area (Å²) in [6.07, 6.45) is 0.967. The molecule has 0 radical (unpaired) electrons. The first-order valence-electron chi connectivity index (χ1n) is 7.49. The van der Waals surface area contributed by atoms with Crippen LogP contribution in [0.15, 0.2) is 48.5 Å². The number of hydrogen-bond donors (Lipinski definition) is 1. The molecule has 0 bridgehead atoms. The van der Waals surface area contributed by atoms with E-state index in [1.165, 1.54) is 22.6 Å². The van der Waals surface area contributed by atoms with Crippen molar-refractivity contribution in [1.82, 2.24) is 0 Å². The summed E-state index contributed by atoms with van der Waals surface area (Å²) in [4.78, 5) is 12.3. The second-order valence-corrected chi connectivity index (χ2v) is 7.93. The molecule has 2 nitrogen and oxygen atoms in total. The molecule has 114 valence electrons. The highest BCUT2D eigenvalue weighted by atomic mass is 32.2. The third kappa shape index (κ3) is 3.68. The predicted octanol–water partition coefficient (Wildman–Crippen LogP) is 4.98. The van der Waals surface area contributed by atoms with Crippen molar-refractivity contribution in [2.45, 2.75) is 17.9 Å². The van der Waals surface area contributed by atoms with Gasteiger partial charge in [0, 0.05) is 22.8 Å². The molecule has 0 spiro atoms. The summed E-state index contributed by atoms with van der Waals surface area (Å²) in [5.74, 6) is 2.38. The van der Waals surface area contributed by atoms with Crippen molar-refractivity contribution in [3.8, 4) is 0 Å². The van der Waals surface area contributed by atoms with Crippen LogP contribution in [-0.2, 0) is 6.42 Å². The van der Waals surface area contributed by atoms with Crippen LogP contribution in [0.3, 0.4) is 0 Å². The zero-order chi connectivity index (χ0) is 15.4. The van der Waals surface area contributed by atoms with E-state index in [0.717, 1.165) is 12.1 Å². The molecule has 1 saturated heterocycles. The molecule has 2 aromatic carbocycles. The lowest BCUT2D eigenvalue weighted by molar-refractivity contribution is 0.102. The molecule has 4 heteroatoms. The summed E-state index contributed by atoms with van der Waals surface area (Å²) in [6.45, 7) is 2.11. The molecule has 1 aliphatic rings. The predicted molar refractivity (Wildman–Crippen MR) is 97.9 cm³/mol. The van der Waals surface area contributed by atoms with Gasteiger partial charge in [0.25, 0.3) is 5.91 Å². The molecule has 1 heterocycles. The minimum atomic E-state index is -0.0495. The van der Waals surface area contributed by atoms with Crippen LogP contribution in [-0.4, -0.2) is 17.4 Å². The fourth-order valence-electron chi connectivity index (χ4n) is 2.41. The Morgan fingerprint density at radius 1 is 1.14 bits per heavy atom. The van der Waals surface area contributed by atoms with Gasteiger partial charge in [0.15, 0.2) is 0 Å². The second kappa shape index (κ2) is 7.25. The average molecular weight is 329 g/mol. The molecule has 0 saturated carbocycles. The third-order valence-corrected chi connectivity index (χ3v) is 6.76. The molecule has 1 aliphatic heterocycles. The Bertz CT molecular complexity index is 648. The van der Waals surface area contributed by atoms with Crippen molar-refractivity contribution >= 4 is 35.1 Å². The number of hydrogen-bond acceptors (Lipinski definition) is 3.